The van der Waals surface area contributed by atoms with Crippen LogP contribution in [0.2, 0.25) is 0 Å². The lowest BCUT2D eigenvalue weighted by Gasteiger charge is -2.29. The van der Waals surface area contributed by atoms with Crippen molar-refractivity contribution in [2.24, 2.45) is 0 Å². The maximum absolute atomic E-state index is 12.1. The highest BCUT2D eigenvalue weighted by atomic mass is 16.2. The molecule has 4 nitrogen and oxygen atoms in total. The molecule has 22 heavy (non-hydrogen) atoms. The van der Waals surface area contributed by atoms with Crippen molar-refractivity contribution in [2.75, 3.05) is 0 Å². The molecule has 0 spiro atoms. The minimum absolute atomic E-state index is 0.00634. The lowest BCUT2D eigenvalue weighted by Crippen LogP contribution is -2.49. The van der Waals surface area contributed by atoms with Gasteiger partial charge >= 0.3 is 6.03 Å². The van der Waals surface area contributed by atoms with E-state index >= 15 is 0 Å². The Labute approximate surface area is 132 Å². The Morgan fingerprint density at radius 2 is 1.86 bits per heavy atom. The third-order valence-electron chi connectivity index (χ3n) is 3.95. The average Bonchev–Trinajstić information content (AvgIpc) is 2.51. The fourth-order valence-electron chi connectivity index (χ4n) is 2.87. The van der Waals surface area contributed by atoms with E-state index in [0.29, 0.717) is 11.3 Å². The highest BCUT2D eigenvalue weighted by Crippen LogP contribution is 2.25. The monoisotopic (exact) mass is 300 g/mol. The Morgan fingerprint density at radius 3 is 2.50 bits per heavy atom. The van der Waals surface area contributed by atoms with E-state index in [1.165, 1.54) is 12.8 Å². The number of hydrogen-bond acceptors (Lipinski definition) is 2. The Hall–Kier alpha value is -2.10. The van der Waals surface area contributed by atoms with Gasteiger partial charge in [0.2, 0.25) is 0 Å². The van der Waals surface area contributed by atoms with Crippen molar-refractivity contribution in [3.63, 3.8) is 0 Å². The van der Waals surface area contributed by atoms with Crippen LogP contribution >= 0.6 is 0 Å². The summed E-state index contributed by atoms with van der Waals surface area (Å²) in [5, 5.41) is 5.70. The first-order valence-electron chi connectivity index (χ1n) is 8.01. The van der Waals surface area contributed by atoms with Crippen LogP contribution in [0.4, 0.5) is 4.79 Å². The Kier molecular flexibility index (Phi) is 5.75. The van der Waals surface area contributed by atoms with Crippen molar-refractivity contribution < 1.29 is 9.59 Å². The Bertz CT molecular complexity index is 564. The van der Waals surface area contributed by atoms with E-state index in [2.05, 4.69) is 17.6 Å². The third kappa shape index (κ3) is 3.97. The number of ketones is 1. The minimum Gasteiger partial charge on any atom is -0.331 e. The molecule has 4 heteroatoms. The predicted molar refractivity (Wildman–Crippen MR) is 88.3 cm³/mol. The summed E-state index contributed by atoms with van der Waals surface area (Å²) >= 11 is 0. The van der Waals surface area contributed by atoms with Gasteiger partial charge in [-0.15, -0.1) is 0 Å². The first-order chi connectivity index (χ1) is 10.6. The molecule has 0 bridgehead atoms. The van der Waals surface area contributed by atoms with Crippen LogP contribution in [-0.4, -0.2) is 17.9 Å². The SMILES string of the molecule is CCCCCCC1NC(=O)NC(c2ccccc2)=C1C(C)=O. The van der Waals surface area contributed by atoms with Crippen LogP contribution in [0, 0.1) is 0 Å². The molecule has 0 radical (unpaired) electrons. The molecule has 0 fully saturated rings. The number of amides is 2. The molecule has 0 aromatic heterocycles. The van der Waals surface area contributed by atoms with E-state index in [4.69, 9.17) is 0 Å². The second-order valence-electron chi connectivity index (χ2n) is 5.71. The minimum atomic E-state index is -0.232. The molecule has 1 aliphatic heterocycles. The highest BCUT2D eigenvalue weighted by Gasteiger charge is 2.29. The number of hydrogen-bond donors (Lipinski definition) is 2. The second-order valence-corrected chi connectivity index (χ2v) is 5.71. The number of carbonyl (C=O) groups is 2. The van der Waals surface area contributed by atoms with Gasteiger partial charge in [0.05, 0.1) is 11.7 Å². The van der Waals surface area contributed by atoms with Crippen LogP contribution in [0.25, 0.3) is 5.70 Å². The lowest BCUT2D eigenvalue weighted by molar-refractivity contribution is -0.113. The topological polar surface area (TPSA) is 58.2 Å². The largest absolute Gasteiger partial charge is 0.331 e. The quantitative estimate of drug-likeness (QED) is 0.755. The summed E-state index contributed by atoms with van der Waals surface area (Å²) in [5.41, 5.74) is 2.21. The van der Waals surface area contributed by atoms with Gasteiger partial charge in [-0.2, -0.15) is 0 Å². The van der Waals surface area contributed by atoms with Gasteiger partial charge < -0.3 is 10.6 Å². The number of rotatable bonds is 7. The molecular weight excluding hydrogens is 276 g/mol. The van der Waals surface area contributed by atoms with E-state index in [9.17, 15) is 9.59 Å². The standard InChI is InChI=1S/C18H24N2O2/c1-3-4-5-9-12-15-16(13(2)21)17(20-18(22)19-15)14-10-7-6-8-11-14/h6-8,10-11,15H,3-5,9,12H2,1-2H3,(H2,19,20,22). The molecule has 2 rings (SSSR count). The summed E-state index contributed by atoms with van der Waals surface area (Å²) in [5.74, 6) is 0.00634. The van der Waals surface area contributed by atoms with E-state index in [1.54, 1.807) is 6.92 Å². The third-order valence-corrected chi connectivity index (χ3v) is 3.95. The van der Waals surface area contributed by atoms with E-state index in [1.807, 2.05) is 30.3 Å². The van der Waals surface area contributed by atoms with Gasteiger partial charge in [0.15, 0.2) is 5.78 Å². The van der Waals surface area contributed by atoms with E-state index < -0.39 is 0 Å². The van der Waals surface area contributed by atoms with Crippen molar-refractivity contribution in [2.45, 2.75) is 52.0 Å². The zero-order chi connectivity index (χ0) is 15.9. The zero-order valence-electron chi connectivity index (χ0n) is 13.3. The Balaban J connectivity index is 2.28. The van der Waals surface area contributed by atoms with Crippen LogP contribution in [0.3, 0.4) is 0 Å². The molecule has 1 heterocycles. The summed E-state index contributed by atoms with van der Waals surface area (Å²) in [6.07, 6.45) is 5.30. The molecule has 1 atom stereocenters. The van der Waals surface area contributed by atoms with Crippen molar-refractivity contribution in [3.05, 3.63) is 41.5 Å². The average molecular weight is 300 g/mol. The number of Topliss-reactive ketones (excluding diaryl/α,β-unsaturated/α-hetero) is 1. The van der Waals surface area contributed by atoms with Crippen molar-refractivity contribution >= 4 is 17.5 Å². The molecule has 1 unspecified atom stereocenters. The normalized spacial score (nSPS) is 17.9. The highest BCUT2D eigenvalue weighted by molar-refractivity contribution is 6.06. The molecule has 0 saturated heterocycles. The maximum atomic E-state index is 12.1. The van der Waals surface area contributed by atoms with Gasteiger partial charge in [-0.1, -0.05) is 62.9 Å². The second kappa shape index (κ2) is 7.78. The van der Waals surface area contributed by atoms with E-state index in [-0.39, 0.29) is 17.9 Å². The number of nitrogens with one attached hydrogen (secondary N) is 2. The number of urea groups is 1. The Morgan fingerprint density at radius 1 is 1.14 bits per heavy atom. The molecule has 0 aliphatic carbocycles. The van der Waals surface area contributed by atoms with Crippen molar-refractivity contribution in [3.8, 4) is 0 Å². The fraction of sp³-hybridized carbons (Fsp3) is 0.444. The van der Waals surface area contributed by atoms with Crippen molar-refractivity contribution in [1.82, 2.24) is 10.6 Å². The molecule has 2 amide bonds. The summed E-state index contributed by atoms with van der Waals surface area (Å²) in [6, 6.07) is 9.14. The van der Waals surface area contributed by atoms with Crippen LogP contribution in [0.1, 0.15) is 51.5 Å². The first kappa shape index (κ1) is 16.3. The summed E-state index contributed by atoms with van der Waals surface area (Å²) in [7, 11) is 0. The van der Waals surface area contributed by atoms with Gasteiger partial charge in [-0.3, -0.25) is 4.79 Å². The number of unbranched alkanes of at least 4 members (excludes halogenated alkanes) is 3. The zero-order valence-corrected chi connectivity index (χ0v) is 13.3. The van der Waals surface area contributed by atoms with Gasteiger partial charge in [-0.05, 0) is 18.9 Å². The van der Waals surface area contributed by atoms with Gasteiger partial charge in [0.25, 0.3) is 0 Å². The fourth-order valence-corrected chi connectivity index (χ4v) is 2.87. The molecule has 1 aromatic carbocycles. The van der Waals surface area contributed by atoms with Gasteiger partial charge in [-0.25, -0.2) is 4.79 Å². The van der Waals surface area contributed by atoms with Crippen LogP contribution < -0.4 is 10.6 Å². The van der Waals surface area contributed by atoms with Gasteiger partial charge in [0.1, 0.15) is 0 Å². The molecule has 1 aromatic rings. The maximum Gasteiger partial charge on any atom is 0.319 e. The smallest absolute Gasteiger partial charge is 0.319 e. The summed E-state index contributed by atoms with van der Waals surface area (Å²) in [6.45, 7) is 3.73. The van der Waals surface area contributed by atoms with Crippen LogP contribution in [0.15, 0.2) is 35.9 Å². The molecular formula is C18H24N2O2. The molecule has 1 aliphatic rings. The molecule has 118 valence electrons. The van der Waals surface area contributed by atoms with E-state index in [0.717, 1.165) is 24.8 Å². The van der Waals surface area contributed by atoms with Crippen LogP contribution in [0.5, 0.6) is 0 Å². The number of benzene rings is 1. The summed E-state index contributed by atoms with van der Waals surface area (Å²) < 4.78 is 0. The number of carbonyl (C=O) groups excluding carboxylic acids is 2. The molecule has 2 N–H and O–H groups in total. The van der Waals surface area contributed by atoms with Crippen LogP contribution in [-0.2, 0) is 4.79 Å². The lowest BCUT2D eigenvalue weighted by atomic mass is 9.91. The first-order valence-corrected chi connectivity index (χ1v) is 8.01. The summed E-state index contributed by atoms with van der Waals surface area (Å²) in [4.78, 5) is 24.1. The predicted octanol–water partition coefficient (Wildman–Crippen LogP) is 3.64. The molecule has 0 saturated carbocycles. The van der Waals surface area contributed by atoms with Gasteiger partial charge in [0, 0.05) is 5.57 Å². The van der Waals surface area contributed by atoms with Crippen molar-refractivity contribution in [1.29, 1.82) is 0 Å².